The number of esters is 1. The van der Waals surface area contributed by atoms with Crippen LogP contribution in [-0.4, -0.2) is 37.0 Å². The molecule has 0 spiro atoms. The summed E-state index contributed by atoms with van der Waals surface area (Å²) < 4.78 is 47.0. The summed E-state index contributed by atoms with van der Waals surface area (Å²) in [6, 6.07) is 11.7. The summed E-state index contributed by atoms with van der Waals surface area (Å²) in [7, 11) is 0. The number of carbonyl (C=O) groups is 3. The van der Waals surface area contributed by atoms with Gasteiger partial charge in [0.1, 0.15) is 5.75 Å². The third kappa shape index (κ3) is 7.08. The number of halogens is 3. The number of nitrogens with one attached hydrogen (secondary N) is 1. The van der Waals surface area contributed by atoms with Crippen molar-refractivity contribution >= 4 is 29.4 Å². The van der Waals surface area contributed by atoms with Gasteiger partial charge in [0.15, 0.2) is 12.4 Å². The summed E-state index contributed by atoms with van der Waals surface area (Å²) >= 11 is 0. The average Bonchev–Trinajstić information content (AvgIpc) is 2.70. The lowest BCUT2D eigenvalue weighted by Crippen LogP contribution is -2.29. The minimum absolute atomic E-state index is 0.0463. The Balaban J connectivity index is 1.98. The molecule has 2 aromatic rings. The third-order valence-electron chi connectivity index (χ3n) is 3.63. The van der Waals surface area contributed by atoms with E-state index in [1.165, 1.54) is 54.6 Å². The summed E-state index contributed by atoms with van der Waals surface area (Å²) in [4.78, 5) is 34.5. The van der Waals surface area contributed by atoms with Gasteiger partial charge in [-0.25, -0.2) is 4.79 Å². The van der Waals surface area contributed by atoms with Gasteiger partial charge in [-0.05, 0) is 55.0 Å². The van der Waals surface area contributed by atoms with Crippen LogP contribution in [-0.2, 0) is 14.3 Å². The molecule has 0 aromatic heterocycles. The Labute approximate surface area is 170 Å². The number of benzene rings is 2. The van der Waals surface area contributed by atoms with Crippen LogP contribution in [0.3, 0.4) is 0 Å². The fourth-order valence-electron chi connectivity index (χ4n) is 2.25. The number of alkyl halides is 3. The van der Waals surface area contributed by atoms with Gasteiger partial charge >= 0.3 is 18.1 Å². The maximum absolute atomic E-state index is 12.3. The van der Waals surface area contributed by atoms with Crippen molar-refractivity contribution in [1.29, 1.82) is 0 Å². The van der Waals surface area contributed by atoms with Crippen molar-refractivity contribution in [2.24, 2.45) is 0 Å². The molecule has 0 aliphatic heterocycles. The molecule has 0 bridgehead atoms. The molecular weight excluding hydrogens is 403 g/mol. The van der Waals surface area contributed by atoms with Crippen molar-refractivity contribution in [1.82, 2.24) is 0 Å². The summed E-state index contributed by atoms with van der Waals surface area (Å²) in [5.41, 5.74) is 0.726. The second-order valence-corrected chi connectivity index (χ2v) is 5.89. The van der Waals surface area contributed by atoms with Gasteiger partial charge in [0, 0.05) is 11.3 Å². The molecule has 0 saturated carbocycles. The highest BCUT2D eigenvalue weighted by molar-refractivity contribution is 6.07. The SMILES string of the molecule is CCOC(=O)COc1ccc(C(=O)/C=C/c2cccc(NC(=O)C(F)(F)F)c2)cc1. The number of hydrogen-bond donors (Lipinski definition) is 1. The number of ether oxygens (including phenoxy) is 2. The summed E-state index contributed by atoms with van der Waals surface area (Å²) in [6.07, 6.45) is -2.33. The number of ketones is 1. The number of anilines is 1. The topological polar surface area (TPSA) is 81.7 Å². The normalized spacial score (nSPS) is 11.2. The monoisotopic (exact) mass is 421 g/mol. The van der Waals surface area contributed by atoms with Gasteiger partial charge in [-0.15, -0.1) is 0 Å². The van der Waals surface area contributed by atoms with Gasteiger partial charge in [0.05, 0.1) is 6.61 Å². The highest BCUT2D eigenvalue weighted by Gasteiger charge is 2.38. The van der Waals surface area contributed by atoms with Crippen molar-refractivity contribution in [3.8, 4) is 5.75 Å². The quantitative estimate of drug-likeness (QED) is 0.396. The van der Waals surface area contributed by atoms with E-state index >= 15 is 0 Å². The number of rotatable bonds is 8. The van der Waals surface area contributed by atoms with Gasteiger partial charge in [0.2, 0.25) is 0 Å². The van der Waals surface area contributed by atoms with Crippen LogP contribution in [0, 0.1) is 0 Å². The number of carbonyl (C=O) groups excluding carboxylic acids is 3. The molecule has 0 unspecified atom stereocenters. The van der Waals surface area contributed by atoms with E-state index in [0.717, 1.165) is 0 Å². The molecule has 1 amide bonds. The maximum Gasteiger partial charge on any atom is 0.471 e. The van der Waals surface area contributed by atoms with Crippen molar-refractivity contribution in [2.75, 3.05) is 18.5 Å². The lowest BCUT2D eigenvalue weighted by atomic mass is 10.1. The molecule has 0 heterocycles. The fraction of sp³-hybridized carbons (Fsp3) is 0.190. The molecule has 2 rings (SSSR count). The van der Waals surface area contributed by atoms with E-state index in [0.29, 0.717) is 16.9 Å². The molecule has 0 aliphatic carbocycles. The van der Waals surface area contributed by atoms with E-state index in [4.69, 9.17) is 9.47 Å². The first-order valence-corrected chi connectivity index (χ1v) is 8.78. The highest BCUT2D eigenvalue weighted by atomic mass is 19.4. The van der Waals surface area contributed by atoms with Gasteiger partial charge < -0.3 is 14.8 Å². The Morgan fingerprint density at radius 3 is 2.40 bits per heavy atom. The smallest absolute Gasteiger partial charge is 0.471 e. The first kappa shape index (κ1) is 22.7. The Kier molecular flexibility index (Phi) is 7.74. The van der Waals surface area contributed by atoms with Crippen molar-refractivity contribution in [3.05, 3.63) is 65.7 Å². The zero-order chi connectivity index (χ0) is 22.1. The molecule has 158 valence electrons. The Bertz CT molecular complexity index is 936. The number of hydrogen-bond acceptors (Lipinski definition) is 5. The first-order valence-electron chi connectivity index (χ1n) is 8.78. The average molecular weight is 421 g/mol. The first-order chi connectivity index (χ1) is 14.2. The molecule has 2 aromatic carbocycles. The number of allylic oxidation sites excluding steroid dienone is 1. The molecule has 30 heavy (non-hydrogen) atoms. The maximum atomic E-state index is 12.3. The van der Waals surface area contributed by atoms with Crippen LogP contribution in [0.25, 0.3) is 6.08 Å². The van der Waals surface area contributed by atoms with E-state index in [1.54, 1.807) is 18.3 Å². The van der Waals surface area contributed by atoms with Gasteiger partial charge in [0.25, 0.3) is 0 Å². The molecule has 0 saturated heterocycles. The minimum Gasteiger partial charge on any atom is -0.482 e. The summed E-state index contributed by atoms with van der Waals surface area (Å²) in [5.74, 6) is -2.55. The molecular formula is C21H18F3NO5. The van der Waals surface area contributed by atoms with E-state index in [2.05, 4.69) is 0 Å². The van der Waals surface area contributed by atoms with Gasteiger partial charge in [-0.2, -0.15) is 13.2 Å². The summed E-state index contributed by atoms with van der Waals surface area (Å²) in [6.45, 7) is 1.68. The van der Waals surface area contributed by atoms with Crippen molar-refractivity contribution in [2.45, 2.75) is 13.1 Å². The van der Waals surface area contributed by atoms with Crippen LogP contribution in [0.4, 0.5) is 18.9 Å². The zero-order valence-corrected chi connectivity index (χ0v) is 15.9. The largest absolute Gasteiger partial charge is 0.482 e. The molecule has 0 aliphatic rings. The Morgan fingerprint density at radius 2 is 1.77 bits per heavy atom. The molecule has 1 N–H and O–H groups in total. The van der Waals surface area contributed by atoms with E-state index in [9.17, 15) is 27.6 Å². The van der Waals surface area contributed by atoms with Crippen LogP contribution in [0.1, 0.15) is 22.8 Å². The van der Waals surface area contributed by atoms with Crippen molar-refractivity contribution in [3.63, 3.8) is 0 Å². The zero-order valence-electron chi connectivity index (χ0n) is 15.9. The van der Waals surface area contributed by atoms with Crippen LogP contribution in [0.15, 0.2) is 54.6 Å². The van der Waals surface area contributed by atoms with E-state index in [-0.39, 0.29) is 24.7 Å². The molecule has 0 atom stereocenters. The third-order valence-corrected chi connectivity index (χ3v) is 3.63. The Morgan fingerprint density at radius 1 is 1.07 bits per heavy atom. The second kappa shape index (κ2) is 10.2. The van der Waals surface area contributed by atoms with Crippen LogP contribution >= 0.6 is 0 Å². The summed E-state index contributed by atoms with van der Waals surface area (Å²) in [5, 5.41) is 1.75. The minimum atomic E-state index is -4.99. The lowest BCUT2D eigenvalue weighted by molar-refractivity contribution is -0.167. The fourth-order valence-corrected chi connectivity index (χ4v) is 2.25. The van der Waals surface area contributed by atoms with E-state index in [1.807, 2.05) is 0 Å². The van der Waals surface area contributed by atoms with E-state index < -0.39 is 18.1 Å². The highest BCUT2D eigenvalue weighted by Crippen LogP contribution is 2.19. The van der Waals surface area contributed by atoms with Crippen LogP contribution in [0.2, 0.25) is 0 Å². The van der Waals surface area contributed by atoms with Gasteiger partial charge in [-0.3, -0.25) is 9.59 Å². The van der Waals surface area contributed by atoms with Crippen LogP contribution in [0.5, 0.6) is 5.75 Å². The van der Waals surface area contributed by atoms with Crippen molar-refractivity contribution < 1.29 is 37.0 Å². The van der Waals surface area contributed by atoms with Crippen LogP contribution < -0.4 is 10.1 Å². The molecule has 0 radical (unpaired) electrons. The predicted octanol–water partition coefficient (Wildman–Crippen LogP) is 4.03. The molecule has 0 fully saturated rings. The molecule has 9 heteroatoms. The second-order valence-electron chi connectivity index (χ2n) is 5.89. The predicted molar refractivity (Wildman–Crippen MR) is 103 cm³/mol. The Hall–Kier alpha value is -3.62. The van der Waals surface area contributed by atoms with Gasteiger partial charge in [-0.1, -0.05) is 18.2 Å². The standard InChI is InChI=1S/C21H18F3NO5/c1-2-29-19(27)13-30-17-9-7-15(8-10-17)18(26)11-6-14-4-3-5-16(12-14)25-20(28)21(22,23)24/h3-12H,2,13H2,1H3,(H,25,28)/b11-6+. The lowest BCUT2D eigenvalue weighted by Gasteiger charge is -2.08. The molecule has 6 nitrogen and oxygen atoms in total. The number of amides is 1.